The maximum atomic E-state index is 13.6. The van der Waals surface area contributed by atoms with E-state index in [9.17, 15) is 18.0 Å². The number of fused-ring (bicyclic) bond motifs is 1. The minimum absolute atomic E-state index is 0.0528. The lowest BCUT2D eigenvalue weighted by molar-refractivity contribution is -0.137. The van der Waals surface area contributed by atoms with Crippen LogP contribution in [0.2, 0.25) is 5.02 Å². The van der Waals surface area contributed by atoms with Gasteiger partial charge in [0, 0.05) is 23.1 Å². The van der Waals surface area contributed by atoms with E-state index in [0.29, 0.717) is 30.4 Å². The van der Waals surface area contributed by atoms with Gasteiger partial charge in [0.25, 0.3) is 11.8 Å². The molecule has 2 N–H and O–H groups in total. The van der Waals surface area contributed by atoms with E-state index in [1.54, 1.807) is 13.1 Å². The summed E-state index contributed by atoms with van der Waals surface area (Å²) in [6.07, 6.45) is -0.368. The fourth-order valence-corrected chi connectivity index (χ4v) is 3.75. The average molecular weight is 531 g/mol. The number of ether oxygens (including phenoxy) is 2. The van der Waals surface area contributed by atoms with Crippen molar-refractivity contribution in [1.29, 1.82) is 0 Å². The van der Waals surface area contributed by atoms with Gasteiger partial charge < -0.3 is 24.7 Å². The van der Waals surface area contributed by atoms with Crippen molar-refractivity contribution in [3.8, 4) is 23.1 Å². The Kier molecular flexibility index (Phi) is 6.34. The zero-order valence-electron chi connectivity index (χ0n) is 19.1. The molecule has 0 spiro atoms. The Morgan fingerprint density at radius 2 is 2.03 bits per heavy atom. The van der Waals surface area contributed by atoms with Crippen LogP contribution in [-0.2, 0) is 6.18 Å². The number of alkyl halides is 3. The number of carbonyl (C=O) groups is 1. The number of halogens is 4. The van der Waals surface area contributed by atoms with Crippen LogP contribution in [-0.4, -0.2) is 38.6 Å². The molecule has 9 nitrogen and oxygen atoms in total. The summed E-state index contributed by atoms with van der Waals surface area (Å²) in [5, 5.41) is 5.76. The number of anilines is 2. The van der Waals surface area contributed by atoms with E-state index in [4.69, 9.17) is 21.1 Å². The molecule has 2 aromatic carbocycles. The smallest absolute Gasteiger partial charge is 0.416 e. The van der Waals surface area contributed by atoms with Gasteiger partial charge in [-0.3, -0.25) is 4.79 Å². The number of aromatic nitrogens is 4. The molecule has 13 heteroatoms. The van der Waals surface area contributed by atoms with Gasteiger partial charge in [-0.1, -0.05) is 11.6 Å². The maximum absolute atomic E-state index is 13.6. The number of carbonyl (C=O) groups excluding carboxylic acids is 1. The van der Waals surface area contributed by atoms with Crippen LogP contribution in [0.3, 0.4) is 0 Å². The summed E-state index contributed by atoms with van der Waals surface area (Å²) in [5.41, 5.74) is -0.0634. The molecule has 0 radical (unpaired) electrons. The first-order valence-electron chi connectivity index (χ1n) is 10.9. The van der Waals surface area contributed by atoms with Crippen molar-refractivity contribution in [3.63, 3.8) is 0 Å². The highest BCUT2D eigenvalue weighted by Crippen LogP contribution is 2.38. The molecule has 0 bridgehead atoms. The lowest BCUT2D eigenvalue weighted by atomic mass is 10.1. The minimum atomic E-state index is -4.62. The second-order valence-electron chi connectivity index (χ2n) is 8.02. The Hall–Kier alpha value is -4.32. The summed E-state index contributed by atoms with van der Waals surface area (Å²) in [6, 6.07) is 7.46. The predicted molar refractivity (Wildman–Crippen MR) is 129 cm³/mol. The number of amides is 1. The molecule has 1 aliphatic heterocycles. The molecular weight excluding hydrogens is 513 g/mol. The van der Waals surface area contributed by atoms with E-state index in [2.05, 4.69) is 25.6 Å². The van der Waals surface area contributed by atoms with E-state index in [0.717, 1.165) is 12.1 Å². The van der Waals surface area contributed by atoms with Crippen LogP contribution in [0.15, 0.2) is 55.2 Å². The monoisotopic (exact) mass is 530 g/mol. The third-order valence-corrected chi connectivity index (χ3v) is 5.64. The van der Waals surface area contributed by atoms with Crippen LogP contribution < -0.4 is 20.1 Å². The number of rotatable bonds is 5. The molecule has 0 unspecified atom stereocenters. The lowest BCUT2D eigenvalue weighted by Crippen LogP contribution is -2.19. The van der Waals surface area contributed by atoms with Crippen LogP contribution >= 0.6 is 11.6 Å². The molecular formula is C24H18ClF3N6O3. The number of aryl methyl sites for hydroxylation is 1. The summed E-state index contributed by atoms with van der Waals surface area (Å²) in [6.45, 7) is 2.66. The van der Waals surface area contributed by atoms with E-state index in [-0.39, 0.29) is 33.6 Å². The molecule has 1 amide bonds. The molecule has 37 heavy (non-hydrogen) atoms. The van der Waals surface area contributed by atoms with Gasteiger partial charge in [-0.05, 0) is 43.3 Å². The number of nitrogens with zero attached hydrogens (tertiary/aromatic N) is 4. The Balaban J connectivity index is 1.43. The standard InChI is InChI=1S/C24H18ClF3N6O3/c1-13-10-34(12-32-13)17-8-15(24(26,27)28)7-16(9-17)33-22(35)14-2-3-18(25)19(6-14)37-23-20-21(30-11-31-23)29-4-5-36-20/h2-3,6-12H,4-5H2,1H3,(H,33,35)(H,29,30,31). The van der Waals surface area contributed by atoms with Gasteiger partial charge in [0.1, 0.15) is 18.7 Å². The van der Waals surface area contributed by atoms with Crippen LogP contribution in [0.1, 0.15) is 21.6 Å². The third-order valence-electron chi connectivity index (χ3n) is 5.32. The van der Waals surface area contributed by atoms with Crippen LogP contribution in [0.4, 0.5) is 24.7 Å². The molecule has 2 aromatic heterocycles. The number of nitrogens with one attached hydrogen (secondary N) is 2. The zero-order valence-corrected chi connectivity index (χ0v) is 19.9. The lowest BCUT2D eigenvalue weighted by Gasteiger charge is -2.19. The van der Waals surface area contributed by atoms with Gasteiger partial charge in [-0.15, -0.1) is 0 Å². The van der Waals surface area contributed by atoms with E-state index < -0.39 is 17.6 Å². The van der Waals surface area contributed by atoms with Crippen molar-refractivity contribution in [3.05, 3.63) is 77.1 Å². The van der Waals surface area contributed by atoms with Crippen molar-refractivity contribution in [2.24, 2.45) is 0 Å². The first-order chi connectivity index (χ1) is 17.7. The van der Waals surface area contributed by atoms with Crippen molar-refractivity contribution in [2.75, 3.05) is 23.8 Å². The second kappa shape index (κ2) is 9.62. The summed E-state index contributed by atoms with van der Waals surface area (Å²) in [7, 11) is 0. The molecule has 5 rings (SSSR count). The molecule has 0 aliphatic carbocycles. The first-order valence-corrected chi connectivity index (χ1v) is 11.3. The number of imidazole rings is 1. The van der Waals surface area contributed by atoms with Crippen molar-refractivity contribution < 1.29 is 27.4 Å². The molecule has 0 saturated carbocycles. The minimum Gasteiger partial charge on any atom is -0.483 e. The van der Waals surface area contributed by atoms with Crippen LogP contribution in [0.5, 0.6) is 17.4 Å². The van der Waals surface area contributed by atoms with Gasteiger partial charge in [-0.25, -0.2) is 9.97 Å². The Bertz CT molecular complexity index is 1490. The van der Waals surface area contributed by atoms with Gasteiger partial charge in [0.05, 0.1) is 29.2 Å². The normalized spacial score (nSPS) is 12.8. The molecule has 0 atom stereocenters. The fourth-order valence-electron chi connectivity index (χ4n) is 3.60. The highest BCUT2D eigenvalue weighted by molar-refractivity contribution is 6.32. The molecule has 0 fully saturated rings. The van der Waals surface area contributed by atoms with Gasteiger partial charge in [0.15, 0.2) is 5.82 Å². The molecule has 1 aliphatic rings. The number of benzene rings is 2. The second-order valence-corrected chi connectivity index (χ2v) is 8.43. The van der Waals surface area contributed by atoms with Gasteiger partial charge in [0.2, 0.25) is 5.75 Å². The quantitative estimate of drug-likeness (QED) is 0.351. The average Bonchev–Trinajstić information content (AvgIpc) is 3.31. The largest absolute Gasteiger partial charge is 0.483 e. The molecule has 0 saturated heterocycles. The molecule has 190 valence electrons. The highest BCUT2D eigenvalue weighted by atomic mass is 35.5. The summed E-state index contributed by atoms with van der Waals surface area (Å²) in [4.78, 5) is 25.2. The molecule has 4 aromatic rings. The Morgan fingerprint density at radius 1 is 1.19 bits per heavy atom. The van der Waals surface area contributed by atoms with Crippen molar-refractivity contribution in [1.82, 2.24) is 19.5 Å². The van der Waals surface area contributed by atoms with E-state index >= 15 is 0 Å². The Labute approximate surface area is 213 Å². The Morgan fingerprint density at radius 3 is 2.78 bits per heavy atom. The van der Waals surface area contributed by atoms with Crippen LogP contribution in [0, 0.1) is 6.92 Å². The first kappa shape index (κ1) is 24.4. The predicted octanol–water partition coefficient (Wildman–Crippen LogP) is 5.49. The number of hydrogen-bond donors (Lipinski definition) is 2. The van der Waals surface area contributed by atoms with E-state index in [1.165, 1.54) is 41.5 Å². The van der Waals surface area contributed by atoms with E-state index in [1.807, 2.05) is 0 Å². The number of hydrogen-bond acceptors (Lipinski definition) is 7. The van der Waals surface area contributed by atoms with Gasteiger partial charge in [-0.2, -0.15) is 18.2 Å². The molecule has 3 heterocycles. The maximum Gasteiger partial charge on any atom is 0.416 e. The summed E-state index contributed by atoms with van der Waals surface area (Å²) < 4.78 is 53.5. The van der Waals surface area contributed by atoms with Crippen LogP contribution in [0.25, 0.3) is 5.69 Å². The summed E-state index contributed by atoms with van der Waals surface area (Å²) in [5.74, 6) is 0.273. The highest BCUT2D eigenvalue weighted by Gasteiger charge is 2.31. The summed E-state index contributed by atoms with van der Waals surface area (Å²) >= 11 is 6.27. The topological polar surface area (TPSA) is 103 Å². The van der Waals surface area contributed by atoms with Crippen molar-refractivity contribution >= 4 is 29.0 Å². The van der Waals surface area contributed by atoms with Crippen molar-refractivity contribution in [2.45, 2.75) is 13.1 Å². The fraction of sp³-hybridized carbons (Fsp3) is 0.167. The van der Waals surface area contributed by atoms with Gasteiger partial charge >= 0.3 is 6.18 Å². The third kappa shape index (κ3) is 5.28. The zero-order chi connectivity index (χ0) is 26.2. The SMILES string of the molecule is Cc1cn(-c2cc(NC(=O)c3ccc(Cl)c(Oc4ncnc5c4OCCN5)c3)cc(C(F)(F)F)c2)cn1.